The molecule has 0 saturated carbocycles. The SMILES string of the molecule is CCNC(=NCc1ncc(C)s1)N(C)Cc1cccc(Cl)c1. The third-order valence-corrected chi connectivity index (χ3v) is 4.17. The summed E-state index contributed by atoms with van der Waals surface area (Å²) in [5, 5.41) is 5.10. The molecule has 0 atom stereocenters. The molecule has 1 heterocycles. The lowest BCUT2D eigenvalue weighted by molar-refractivity contribution is 0.477. The van der Waals surface area contributed by atoms with E-state index in [1.54, 1.807) is 11.3 Å². The maximum Gasteiger partial charge on any atom is 0.194 e. The molecule has 118 valence electrons. The average molecular weight is 337 g/mol. The first kappa shape index (κ1) is 16.8. The molecule has 0 bridgehead atoms. The van der Waals surface area contributed by atoms with Gasteiger partial charge in [-0.05, 0) is 31.5 Å². The first-order valence-corrected chi connectivity index (χ1v) is 8.43. The number of nitrogens with zero attached hydrogens (tertiary/aromatic N) is 3. The van der Waals surface area contributed by atoms with E-state index in [0.717, 1.165) is 34.6 Å². The molecular formula is C16H21ClN4S. The van der Waals surface area contributed by atoms with Gasteiger partial charge in [0.2, 0.25) is 0 Å². The molecule has 0 spiro atoms. The van der Waals surface area contributed by atoms with Crippen molar-refractivity contribution in [2.75, 3.05) is 13.6 Å². The number of hydrogen-bond donors (Lipinski definition) is 1. The number of aryl methyl sites for hydroxylation is 1. The van der Waals surface area contributed by atoms with E-state index in [4.69, 9.17) is 11.6 Å². The standard InChI is InChI=1S/C16H21ClN4S/c1-4-18-16(20-10-15-19-9-12(2)22-15)21(3)11-13-6-5-7-14(17)8-13/h5-9H,4,10-11H2,1-3H3,(H,18,20). The number of rotatable bonds is 5. The van der Waals surface area contributed by atoms with Crippen molar-refractivity contribution >= 4 is 28.9 Å². The molecule has 0 fully saturated rings. The van der Waals surface area contributed by atoms with Crippen LogP contribution in [0.3, 0.4) is 0 Å². The maximum absolute atomic E-state index is 6.04. The third-order valence-electron chi connectivity index (χ3n) is 3.04. The molecule has 0 radical (unpaired) electrons. The van der Waals surface area contributed by atoms with Crippen molar-refractivity contribution in [3.05, 3.63) is 50.9 Å². The lowest BCUT2D eigenvalue weighted by atomic mass is 10.2. The summed E-state index contributed by atoms with van der Waals surface area (Å²) >= 11 is 7.72. The monoisotopic (exact) mass is 336 g/mol. The Bertz CT molecular complexity index is 639. The summed E-state index contributed by atoms with van der Waals surface area (Å²) in [6, 6.07) is 7.89. The van der Waals surface area contributed by atoms with Crippen LogP contribution < -0.4 is 5.32 Å². The Balaban J connectivity index is 2.05. The molecule has 6 heteroatoms. The Morgan fingerprint density at radius 1 is 1.45 bits per heavy atom. The zero-order valence-corrected chi connectivity index (χ0v) is 14.7. The van der Waals surface area contributed by atoms with E-state index in [1.807, 2.05) is 31.4 Å². The molecule has 2 rings (SSSR count). The number of aliphatic imine (C=N–C) groups is 1. The van der Waals surface area contributed by atoms with Crippen LogP contribution in [0.2, 0.25) is 5.02 Å². The quantitative estimate of drug-likeness (QED) is 0.668. The molecular weight excluding hydrogens is 316 g/mol. The molecule has 1 N–H and O–H groups in total. The van der Waals surface area contributed by atoms with E-state index in [1.165, 1.54) is 4.88 Å². The molecule has 0 unspecified atom stereocenters. The van der Waals surface area contributed by atoms with E-state index in [-0.39, 0.29) is 0 Å². The summed E-state index contributed by atoms with van der Waals surface area (Å²) in [6.45, 7) is 6.30. The second-order valence-electron chi connectivity index (χ2n) is 5.02. The summed E-state index contributed by atoms with van der Waals surface area (Å²) < 4.78 is 0. The lowest BCUT2D eigenvalue weighted by Crippen LogP contribution is -2.38. The van der Waals surface area contributed by atoms with Gasteiger partial charge < -0.3 is 10.2 Å². The predicted octanol–water partition coefficient (Wildman–Crippen LogP) is 3.70. The lowest BCUT2D eigenvalue weighted by Gasteiger charge is -2.22. The highest BCUT2D eigenvalue weighted by Gasteiger charge is 2.07. The summed E-state index contributed by atoms with van der Waals surface area (Å²) in [6.07, 6.45) is 1.89. The Hall–Kier alpha value is -1.59. The predicted molar refractivity (Wildman–Crippen MR) is 94.6 cm³/mol. The highest BCUT2D eigenvalue weighted by atomic mass is 35.5. The fourth-order valence-electron chi connectivity index (χ4n) is 2.07. The zero-order valence-electron chi connectivity index (χ0n) is 13.1. The summed E-state index contributed by atoms with van der Waals surface area (Å²) in [5.74, 6) is 0.871. The summed E-state index contributed by atoms with van der Waals surface area (Å²) in [4.78, 5) is 12.3. The van der Waals surface area contributed by atoms with E-state index in [9.17, 15) is 0 Å². The Morgan fingerprint density at radius 2 is 2.27 bits per heavy atom. The van der Waals surface area contributed by atoms with Gasteiger partial charge in [-0.2, -0.15) is 0 Å². The van der Waals surface area contributed by atoms with Crippen molar-refractivity contribution < 1.29 is 0 Å². The van der Waals surface area contributed by atoms with Crippen molar-refractivity contribution in [1.29, 1.82) is 0 Å². The van der Waals surface area contributed by atoms with Gasteiger partial charge in [-0.15, -0.1) is 11.3 Å². The van der Waals surface area contributed by atoms with Gasteiger partial charge in [0.1, 0.15) is 5.01 Å². The summed E-state index contributed by atoms with van der Waals surface area (Å²) in [7, 11) is 2.02. The molecule has 4 nitrogen and oxygen atoms in total. The fraction of sp³-hybridized carbons (Fsp3) is 0.375. The molecule has 0 aliphatic carbocycles. The van der Waals surface area contributed by atoms with Crippen LogP contribution in [0.5, 0.6) is 0 Å². The minimum atomic E-state index is 0.598. The van der Waals surface area contributed by atoms with Crippen LogP contribution in [0.15, 0.2) is 35.5 Å². The van der Waals surface area contributed by atoms with Crippen molar-refractivity contribution in [2.45, 2.75) is 26.9 Å². The van der Waals surface area contributed by atoms with E-state index in [0.29, 0.717) is 6.54 Å². The Kier molecular flexibility index (Phi) is 6.21. The molecule has 1 aromatic carbocycles. The first-order valence-electron chi connectivity index (χ1n) is 7.23. The number of guanidine groups is 1. The fourth-order valence-corrected chi connectivity index (χ4v) is 3.00. The van der Waals surface area contributed by atoms with Crippen molar-refractivity contribution in [2.24, 2.45) is 4.99 Å². The molecule has 22 heavy (non-hydrogen) atoms. The third kappa shape index (κ3) is 5.00. The first-order chi connectivity index (χ1) is 10.6. The van der Waals surface area contributed by atoms with Crippen LogP contribution in [0.25, 0.3) is 0 Å². The Morgan fingerprint density at radius 3 is 2.91 bits per heavy atom. The van der Waals surface area contributed by atoms with Crippen molar-refractivity contribution in [3.63, 3.8) is 0 Å². The Labute approximate surface area is 140 Å². The molecule has 2 aromatic rings. The minimum Gasteiger partial charge on any atom is -0.357 e. The maximum atomic E-state index is 6.04. The van der Waals surface area contributed by atoms with Crippen LogP contribution >= 0.6 is 22.9 Å². The topological polar surface area (TPSA) is 40.5 Å². The van der Waals surface area contributed by atoms with Crippen molar-refractivity contribution in [3.8, 4) is 0 Å². The van der Waals surface area contributed by atoms with Crippen LogP contribution in [-0.2, 0) is 13.1 Å². The highest BCUT2D eigenvalue weighted by Crippen LogP contribution is 2.14. The number of aromatic nitrogens is 1. The van der Waals surface area contributed by atoms with Crippen LogP contribution in [0.1, 0.15) is 22.4 Å². The second kappa shape index (κ2) is 8.15. The van der Waals surface area contributed by atoms with Crippen LogP contribution in [-0.4, -0.2) is 29.4 Å². The average Bonchev–Trinajstić information content (AvgIpc) is 2.89. The largest absolute Gasteiger partial charge is 0.357 e. The van der Waals surface area contributed by atoms with E-state index in [2.05, 4.69) is 40.1 Å². The summed E-state index contributed by atoms with van der Waals surface area (Å²) in [5.41, 5.74) is 1.16. The van der Waals surface area contributed by atoms with Gasteiger partial charge in [0, 0.05) is 36.2 Å². The van der Waals surface area contributed by atoms with Gasteiger partial charge in [0.15, 0.2) is 5.96 Å². The van der Waals surface area contributed by atoms with Crippen LogP contribution in [0.4, 0.5) is 0 Å². The van der Waals surface area contributed by atoms with E-state index < -0.39 is 0 Å². The highest BCUT2D eigenvalue weighted by molar-refractivity contribution is 7.11. The zero-order chi connectivity index (χ0) is 15.9. The van der Waals surface area contributed by atoms with Gasteiger partial charge in [-0.25, -0.2) is 9.98 Å². The smallest absolute Gasteiger partial charge is 0.194 e. The number of halogens is 1. The number of benzene rings is 1. The molecule has 0 aliphatic heterocycles. The number of hydrogen-bond acceptors (Lipinski definition) is 3. The number of nitrogens with one attached hydrogen (secondary N) is 1. The van der Waals surface area contributed by atoms with Crippen molar-refractivity contribution in [1.82, 2.24) is 15.2 Å². The molecule has 0 saturated heterocycles. The van der Waals surface area contributed by atoms with Crippen LogP contribution in [0, 0.1) is 6.92 Å². The van der Waals surface area contributed by atoms with Gasteiger partial charge in [0.25, 0.3) is 0 Å². The molecule has 0 aliphatic rings. The van der Waals surface area contributed by atoms with Gasteiger partial charge in [0.05, 0.1) is 6.54 Å². The normalized spacial score (nSPS) is 11.5. The van der Waals surface area contributed by atoms with Gasteiger partial charge in [-0.1, -0.05) is 23.7 Å². The van der Waals surface area contributed by atoms with E-state index >= 15 is 0 Å². The molecule has 0 amide bonds. The molecule has 1 aromatic heterocycles. The van der Waals surface area contributed by atoms with Gasteiger partial charge in [-0.3, -0.25) is 0 Å². The minimum absolute atomic E-state index is 0.598. The second-order valence-corrected chi connectivity index (χ2v) is 6.78. The number of thiazole rings is 1. The van der Waals surface area contributed by atoms with Gasteiger partial charge >= 0.3 is 0 Å².